The van der Waals surface area contributed by atoms with E-state index in [0.717, 1.165) is 4.31 Å². The molecule has 0 saturated carbocycles. The van der Waals surface area contributed by atoms with Crippen molar-refractivity contribution in [2.24, 2.45) is 0 Å². The van der Waals surface area contributed by atoms with E-state index >= 15 is 0 Å². The van der Waals surface area contributed by atoms with Gasteiger partial charge in [-0.15, -0.1) is 0 Å². The van der Waals surface area contributed by atoms with E-state index in [9.17, 15) is 22.4 Å². The highest BCUT2D eigenvalue weighted by molar-refractivity contribution is 7.92. The molecule has 0 fully saturated rings. The van der Waals surface area contributed by atoms with Gasteiger partial charge in [-0.25, -0.2) is 12.8 Å². The molecular formula is C28H30FN3O6S. The number of likely N-dealkylation sites (N-methyl/N-ethyl adjacent to an activating group) is 1. The molecule has 39 heavy (non-hydrogen) atoms. The average Bonchev–Trinajstić information content (AvgIpc) is 2.96. The van der Waals surface area contributed by atoms with Crippen LogP contribution in [0.4, 0.5) is 10.1 Å². The number of amides is 2. The van der Waals surface area contributed by atoms with Crippen molar-refractivity contribution in [1.29, 1.82) is 0 Å². The van der Waals surface area contributed by atoms with E-state index in [1.165, 1.54) is 54.4 Å². The van der Waals surface area contributed by atoms with Crippen molar-refractivity contribution in [2.45, 2.75) is 30.8 Å². The lowest BCUT2D eigenvalue weighted by Crippen LogP contribution is -2.51. The van der Waals surface area contributed by atoms with Gasteiger partial charge in [0.2, 0.25) is 11.8 Å². The Morgan fingerprint density at radius 1 is 0.974 bits per heavy atom. The topological polar surface area (TPSA) is 105 Å². The summed E-state index contributed by atoms with van der Waals surface area (Å²) in [6.45, 7) is 1.81. The van der Waals surface area contributed by atoms with Crippen LogP contribution in [-0.4, -0.2) is 58.0 Å². The fraction of sp³-hybridized carbons (Fsp3) is 0.286. The first-order valence-corrected chi connectivity index (χ1v) is 13.9. The number of ether oxygens (including phenoxy) is 2. The summed E-state index contributed by atoms with van der Waals surface area (Å²) in [5.41, 5.74) is 0.787. The molecule has 4 rings (SSSR count). The van der Waals surface area contributed by atoms with Gasteiger partial charge in [-0.05, 0) is 48.4 Å². The summed E-state index contributed by atoms with van der Waals surface area (Å²) in [7, 11) is -2.74. The summed E-state index contributed by atoms with van der Waals surface area (Å²) in [6, 6.07) is 17.1. The van der Waals surface area contributed by atoms with Crippen molar-refractivity contribution < 1.29 is 31.9 Å². The molecule has 0 aliphatic carbocycles. The first kappa shape index (κ1) is 27.9. The molecule has 3 aromatic carbocycles. The van der Waals surface area contributed by atoms with Crippen LogP contribution in [0, 0.1) is 5.82 Å². The van der Waals surface area contributed by atoms with Crippen molar-refractivity contribution in [3.05, 3.63) is 84.2 Å². The fourth-order valence-corrected chi connectivity index (χ4v) is 5.74. The van der Waals surface area contributed by atoms with Crippen molar-refractivity contribution in [3.8, 4) is 11.5 Å². The maximum Gasteiger partial charge on any atom is 0.264 e. The molecule has 1 heterocycles. The monoisotopic (exact) mass is 555 g/mol. The normalized spacial score (nSPS) is 13.3. The predicted octanol–water partition coefficient (Wildman–Crippen LogP) is 3.35. The summed E-state index contributed by atoms with van der Waals surface area (Å²) >= 11 is 0. The number of nitrogens with zero attached hydrogens (tertiary/aromatic N) is 2. The van der Waals surface area contributed by atoms with Crippen molar-refractivity contribution in [2.75, 3.05) is 31.1 Å². The molecule has 0 saturated heterocycles. The van der Waals surface area contributed by atoms with Crippen LogP contribution in [0.25, 0.3) is 0 Å². The Morgan fingerprint density at radius 2 is 1.64 bits per heavy atom. The van der Waals surface area contributed by atoms with E-state index in [-0.39, 0.29) is 23.5 Å². The third kappa shape index (κ3) is 6.31. The molecule has 1 N–H and O–H groups in total. The molecule has 1 unspecified atom stereocenters. The number of fused-ring (bicyclic) bond motifs is 1. The van der Waals surface area contributed by atoms with Crippen LogP contribution in [0.3, 0.4) is 0 Å². The van der Waals surface area contributed by atoms with Gasteiger partial charge in [-0.3, -0.25) is 13.9 Å². The van der Waals surface area contributed by atoms with E-state index in [0.29, 0.717) is 30.3 Å². The van der Waals surface area contributed by atoms with Gasteiger partial charge in [0.15, 0.2) is 11.5 Å². The minimum atomic E-state index is -4.21. The van der Waals surface area contributed by atoms with Crippen molar-refractivity contribution >= 4 is 27.5 Å². The quantitative estimate of drug-likeness (QED) is 0.412. The van der Waals surface area contributed by atoms with Gasteiger partial charge in [0, 0.05) is 19.7 Å². The molecule has 3 aromatic rings. The Morgan fingerprint density at radius 3 is 2.28 bits per heavy atom. The molecule has 0 radical (unpaired) electrons. The number of halogens is 1. The summed E-state index contributed by atoms with van der Waals surface area (Å²) in [4.78, 5) is 27.9. The van der Waals surface area contributed by atoms with Gasteiger partial charge in [0.05, 0.1) is 10.6 Å². The van der Waals surface area contributed by atoms with E-state index in [1.54, 1.807) is 37.3 Å². The molecule has 2 amide bonds. The van der Waals surface area contributed by atoms with E-state index in [4.69, 9.17) is 9.47 Å². The van der Waals surface area contributed by atoms with Gasteiger partial charge in [-0.2, -0.15) is 0 Å². The zero-order valence-corrected chi connectivity index (χ0v) is 22.5. The molecule has 0 aromatic heterocycles. The number of sulfonamides is 1. The van der Waals surface area contributed by atoms with Crippen LogP contribution >= 0.6 is 0 Å². The Hall–Kier alpha value is -4.12. The summed E-state index contributed by atoms with van der Waals surface area (Å²) in [5.74, 6) is -0.612. The average molecular weight is 556 g/mol. The van der Waals surface area contributed by atoms with Gasteiger partial charge in [-0.1, -0.05) is 37.3 Å². The molecule has 1 aliphatic heterocycles. The number of benzene rings is 3. The highest BCUT2D eigenvalue weighted by Gasteiger charge is 2.34. The lowest BCUT2D eigenvalue weighted by molar-refractivity contribution is -0.140. The Labute approximate surface area is 227 Å². The maximum absolute atomic E-state index is 13.9. The van der Waals surface area contributed by atoms with Crippen LogP contribution in [0.2, 0.25) is 0 Å². The minimum Gasteiger partial charge on any atom is -0.486 e. The van der Waals surface area contributed by atoms with Crippen LogP contribution in [-0.2, 0) is 26.2 Å². The van der Waals surface area contributed by atoms with Crippen LogP contribution in [0.15, 0.2) is 77.7 Å². The second kappa shape index (κ2) is 12.2. The van der Waals surface area contributed by atoms with E-state index < -0.39 is 40.2 Å². The number of carbonyl (C=O) groups excluding carboxylic acids is 2. The SMILES string of the molecule is CCC(C(=O)NC)N(Cc1ccc(F)cc1)C(=O)CN(c1ccc2c(c1)OCCO2)S(=O)(=O)c1ccccc1. The first-order chi connectivity index (χ1) is 18.7. The lowest BCUT2D eigenvalue weighted by atomic mass is 10.1. The van der Waals surface area contributed by atoms with E-state index in [2.05, 4.69) is 5.32 Å². The second-order valence-corrected chi connectivity index (χ2v) is 10.7. The second-order valence-electron chi connectivity index (χ2n) is 8.84. The third-order valence-electron chi connectivity index (χ3n) is 6.32. The van der Waals surface area contributed by atoms with Crippen molar-refractivity contribution in [3.63, 3.8) is 0 Å². The summed E-state index contributed by atoms with van der Waals surface area (Å²) in [5, 5.41) is 2.57. The molecular weight excluding hydrogens is 525 g/mol. The van der Waals surface area contributed by atoms with Gasteiger partial charge >= 0.3 is 0 Å². The number of hydrogen-bond acceptors (Lipinski definition) is 6. The maximum atomic E-state index is 13.9. The molecule has 11 heteroatoms. The minimum absolute atomic E-state index is 0.00360. The highest BCUT2D eigenvalue weighted by atomic mass is 32.2. The zero-order valence-electron chi connectivity index (χ0n) is 21.7. The van der Waals surface area contributed by atoms with Gasteiger partial charge < -0.3 is 19.7 Å². The van der Waals surface area contributed by atoms with Crippen LogP contribution in [0.1, 0.15) is 18.9 Å². The molecule has 1 aliphatic rings. The first-order valence-electron chi connectivity index (χ1n) is 12.5. The Kier molecular flexibility index (Phi) is 8.70. The Balaban J connectivity index is 1.75. The molecule has 1 atom stereocenters. The van der Waals surface area contributed by atoms with Crippen LogP contribution in [0.5, 0.6) is 11.5 Å². The number of nitrogens with one attached hydrogen (secondary N) is 1. The number of hydrogen-bond donors (Lipinski definition) is 1. The largest absolute Gasteiger partial charge is 0.486 e. The van der Waals surface area contributed by atoms with Crippen molar-refractivity contribution in [1.82, 2.24) is 10.2 Å². The standard InChI is InChI=1S/C28H30FN3O6S/c1-3-24(28(34)30-2)31(18-20-9-11-21(29)12-10-20)27(33)19-32(39(35,36)23-7-5-4-6-8-23)22-13-14-25-26(17-22)38-16-15-37-25/h4-14,17,24H,3,15-16,18-19H2,1-2H3,(H,30,34). The number of anilines is 1. The fourth-order valence-electron chi connectivity index (χ4n) is 4.31. The molecule has 0 spiro atoms. The van der Waals surface area contributed by atoms with Crippen LogP contribution < -0.4 is 19.1 Å². The smallest absolute Gasteiger partial charge is 0.264 e. The number of rotatable bonds is 10. The highest BCUT2D eigenvalue weighted by Crippen LogP contribution is 2.36. The zero-order chi connectivity index (χ0) is 28.0. The summed E-state index contributed by atoms with van der Waals surface area (Å²) < 4.78 is 53.4. The lowest BCUT2D eigenvalue weighted by Gasteiger charge is -2.33. The Bertz CT molecular complexity index is 1420. The molecule has 206 valence electrons. The van der Waals surface area contributed by atoms with E-state index in [1.807, 2.05) is 0 Å². The number of carbonyl (C=O) groups is 2. The molecule has 0 bridgehead atoms. The molecule has 9 nitrogen and oxygen atoms in total. The third-order valence-corrected chi connectivity index (χ3v) is 8.11. The summed E-state index contributed by atoms with van der Waals surface area (Å²) in [6.07, 6.45) is 0.280. The van der Waals surface area contributed by atoms with Gasteiger partial charge in [0.25, 0.3) is 10.0 Å². The predicted molar refractivity (Wildman–Crippen MR) is 144 cm³/mol. The van der Waals surface area contributed by atoms with Gasteiger partial charge in [0.1, 0.15) is 31.6 Å².